The van der Waals surface area contributed by atoms with Crippen LogP contribution in [0.3, 0.4) is 0 Å². The molecule has 2 aromatic rings. The van der Waals surface area contributed by atoms with Crippen LogP contribution in [0.25, 0.3) is 0 Å². The van der Waals surface area contributed by atoms with Crippen LogP contribution in [0.5, 0.6) is 5.75 Å². The lowest BCUT2D eigenvalue weighted by Gasteiger charge is -2.36. The fourth-order valence-electron chi connectivity index (χ4n) is 3.46. The van der Waals surface area contributed by atoms with Gasteiger partial charge in [-0.2, -0.15) is 0 Å². The summed E-state index contributed by atoms with van der Waals surface area (Å²) in [6.07, 6.45) is 3.25. The maximum Gasteiger partial charge on any atom is 0.240 e. The van der Waals surface area contributed by atoms with Crippen molar-refractivity contribution >= 4 is 10.0 Å². The van der Waals surface area contributed by atoms with E-state index in [1.54, 1.807) is 16.8 Å². The van der Waals surface area contributed by atoms with Crippen LogP contribution in [0.1, 0.15) is 44.7 Å². The third kappa shape index (κ3) is 5.57. The number of nitrogens with zero attached hydrogens (tertiary/aromatic N) is 3. The molecule has 2 heterocycles. The fourth-order valence-corrected chi connectivity index (χ4v) is 4.76. The zero-order valence-electron chi connectivity index (χ0n) is 17.6. The van der Waals surface area contributed by atoms with Crippen LogP contribution in [-0.4, -0.2) is 60.5 Å². The van der Waals surface area contributed by atoms with Crippen LogP contribution in [0.4, 0.5) is 0 Å². The number of sulfonamides is 1. The van der Waals surface area contributed by atoms with Crippen molar-refractivity contribution in [3.05, 3.63) is 36.2 Å². The zero-order valence-corrected chi connectivity index (χ0v) is 18.4. The maximum absolute atomic E-state index is 12.7. The molecular formula is C20H30N4O5S. The Labute approximate surface area is 177 Å². The minimum absolute atomic E-state index is 0.0735. The van der Waals surface area contributed by atoms with Gasteiger partial charge in [-0.15, -0.1) is 5.10 Å². The molecule has 166 valence electrons. The highest BCUT2D eigenvalue weighted by Crippen LogP contribution is 2.24. The van der Waals surface area contributed by atoms with Gasteiger partial charge >= 0.3 is 0 Å². The van der Waals surface area contributed by atoms with E-state index in [9.17, 15) is 13.5 Å². The van der Waals surface area contributed by atoms with E-state index in [1.165, 1.54) is 19.2 Å². The van der Waals surface area contributed by atoms with E-state index in [0.717, 1.165) is 12.1 Å². The van der Waals surface area contributed by atoms with Crippen LogP contribution in [-0.2, 0) is 21.3 Å². The lowest BCUT2D eigenvalue weighted by molar-refractivity contribution is -0.0891. The first-order valence-electron chi connectivity index (χ1n) is 10.1. The molecule has 0 saturated carbocycles. The summed E-state index contributed by atoms with van der Waals surface area (Å²) >= 11 is 0. The van der Waals surface area contributed by atoms with E-state index in [4.69, 9.17) is 9.47 Å². The number of nitrogens with one attached hydrogen (secondary N) is 1. The Hall–Kier alpha value is -2.01. The highest BCUT2D eigenvalue weighted by Gasteiger charge is 2.34. The van der Waals surface area contributed by atoms with Crippen LogP contribution >= 0.6 is 0 Å². The van der Waals surface area contributed by atoms with Gasteiger partial charge in [-0.25, -0.2) is 13.1 Å². The zero-order chi connectivity index (χ0) is 21.7. The van der Waals surface area contributed by atoms with Gasteiger partial charge in [-0.3, -0.25) is 4.68 Å². The van der Waals surface area contributed by atoms with E-state index in [2.05, 4.69) is 28.9 Å². The predicted molar refractivity (Wildman–Crippen MR) is 111 cm³/mol. The first kappa shape index (κ1) is 22.7. The van der Waals surface area contributed by atoms with Gasteiger partial charge in [0, 0.05) is 12.7 Å². The standard InChI is InChI=1S/C20H30N4O5S/c1-14(2)19-12-24(23-21-19)11-10-16-6-9-18(20(13-25)29-16)22-30(26,27)17-7-4-15(28-3)5-8-17/h4-5,7-8,12,14,16,18,20,22,25H,6,9-11,13H2,1-3H3/t16-,18+,20-/m0/s1. The second-order valence-electron chi connectivity index (χ2n) is 7.81. The number of hydrogen-bond donors (Lipinski definition) is 2. The Morgan fingerprint density at radius 3 is 2.63 bits per heavy atom. The smallest absolute Gasteiger partial charge is 0.240 e. The molecule has 1 aliphatic heterocycles. The van der Waals surface area contributed by atoms with Crippen LogP contribution in [0.15, 0.2) is 35.4 Å². The van der Waals surface area contributed by atoms with Gasteiger partial charge in [-0.05, 0) is 49.4 Å². The molecule has 0 radical (unpaired) electrons. The highest BCUT2D eigenvalue weighted by molar-refractivity contribution is 7.89. The first-order valence-corrected chi connectivity index (χ1v) is 11.6. The number of aliphatic hydroxyl groups excluding tert-OH is 1. The minimum atomic E-state index is -3.73. The Morgan fingerprint density at radius 2 is 2.03 bits per heavy atom. The van der Waals surface area contributed by atoms with Crippen molar-refractivity contribution in [2.45, 2.75) is 68.7 Å². The molecule has 9 nitrogen and oxygen atoms in total. The van der Waals surface area contributed by atoms with Gasteiger partial charge in [0.2, 0.25) is 10.0 Å². The largest absolute Gasteiger partial charge is 0.497 e. The van der Waals surface area contributed by atoms with E-state index in [-0.39, 0.29) is 17.6 Å². The molecule has 2 N–H and O–H groups in total. The van der Waals surface area contributed by atoms with Gasteiger partial charge in [0.05, 0.1) is 42.6 Å². The van der Waals surface area contributed by atoms with Crippen molar-refractivity contribution in [3.8, 4) is 5.75 Å². The van der Waals surface area contributed by atoms with Crippen molar-refractivity contribution in [2.24, 2.45) is 0 Å². The molecule has 1 aromatic heterocycles. The van der Waals surface area contributed by atoms with Crippen molar-refractivity contribution in [1.82, 2.24) is 19.7 Å². The number of hydrogen-bond acceptors (Lipinski definition) is 7. The molecule has 30 heavy (non-hydrogen) atoms. The summed E-state index contributed by atoms with van der Waals surface area (Å²) in [5.74, 6) is 0.904. The molecule has 0 aliphatic carbocycles. The number of rotatable bonds is 9. The maximum atomic E-state index is 12.7. The summed E-state index contributed by atoms with van der Waals surface area (Å²) in [7, 11) is -2.20. The average molecular weight is 439 g/mol. The first-order chi connectivity index (χ1) is 14.3. The molecule has 1 saturated heterocycles. The molecule has 0 unspecified atom stereocenters. The number of ether oxygens (including phenoxy) is 2. The van der Waals surface area contributed by atoms with Crippen molar-refractivity contribution in [3.63, 3.8) is 0 Å². The number of aryl methyl sites for hydroxylation is 1. The second-order valence-corrected chi connectivity index (χ2v) is 9.52. The van der Waals surface area contributed by atoms with Gasteiger partial charge < -0.3 is 14.6 Å². The van der Waals surface area contributed by atoms with Gasteiger partial charge in [0.15, 0.2) is 0 Å². The molecule has 0 spiro atoms. The molecule has 0 amide bonds. The second kappa shape index (κ2) is 9.86. The summed E-state index contributed by atoms with van der Waals surface area (Å²) in [5, 5.41) is 18.0. The van der Waals surface area contributed by atoms with Crippen LogP contribution in [0.2, 0.25) is 0 Å². The molecule has 1 fully saturated rings. The average Bonchev–Trinajstić information content (AvgIpc) is 3.22. The molecule has 1 aliphatic rings. The Bertz CT molecular complexity index is 914. The quantitative estimate of drug-likeness (QED) is 0.612. The van der Waals surface area contributed by atoms with Crippen molar-refractivity contribution in [1.29, 1.82) is 0 Å². The monoisotopic (exact) mass is 438 g/mol. The lowest BCUT2D eigenvalue weighted by Crippen LogP contribution is -2.50. The third-order valence-electron chi connectivity index (χ3n) is 5.30. The molecule has 3 rings (SSSR count). The van der Waals surface area contributed by atoms with Crippen molar-refractivity contribution in [2.75, 3.05) is 13.7 Å². The topological polar surface area (TPSA) is 116 Å². The predicted octanol–water partition coefficient (Wildman–Crippen LogP) is 1.69. The van der Waals surface area contributed by atoms with Gasteiger partial charge in [0.25, 0.3) is 0 Å². The SMILES string of the molecule is COc1ccc(S(=O)(=O)N[C@@H]2CC[C@@H](CCn3cc(C(C)C)nn3)O[C@H]2CO)cc1. The Balaban J connectivity index is 1.56. The summed E-state index contributed by atoms with van der Waals surface area (Å²) in [5.41, 5.74) is 0.945. The van der Waals surface area contributed by atoms with E-state index in [1.807, 2.05) is 6.20 Å². The number of benzene rings is 1. The fraction of sp³-hybridized carbons (Fsp3) is 0.600. The summed E-state index contributed by atoms with van der Waals surface area (Å²) in [6, 6.07) is 5.69. The number of aliphatic hydroxyl groups is 1. The Kier molecular flexibility index (Phi) is 7.45. The molecule has 3 atom stereocenters. The van der Waals surface area contributed by atoms with Crippen molar-refractivity contribution < 1.29 is 23.0 Å². The van der Waals surface area contributed by atoms with E-state index in [0.29, 0.717) is 31.1 Å². The van der Waals surface area contributed by atoms with Gasteiger partial charge in [0.1, 0.15) is 5.75 Å². The lowest BCUT2D eigenvalue weighted by atomic mass is 9.98. The van der Waals surface area contributed by atoms with Gasteiger partial charge in [-0.1, -0.05) is 19.1 Å². The summed E-state index contributed by atoms with van der Waals surface area (Å²) in [4.78, 5) is 0.147. The van der Waals surface area contributed by atoms with E-state index < -0.39 is 22.2 Å². The molecule has 10 heteroatoms. The third-order valence-corrected chi connectivity index (χ3v) is 6.81. The summed E-state index contributed by atoms with van der Waals surface area (Å²) in [6.45, 7) is 4.53. The van der Waals surface area contributed by atoms with E-state index >= 15 is 0 Å². The summed E-state index contributed by atoms with van der Waals surface area (Å²) < 4.78 is 40.9. The molecule has 1 aromatic carbocycles. The normalized spacial score (nSPS) is 22.4. The number of aromatic nitrogens is 3. The minimum Gasteiger partial charge on any atom is -0.497 e. The van der Waals surface area contributed by atoms with Crippen LogP contribution < -0.4 is 9.46 Å². The number of methoxy groups -OCH3 is 1. The highest BCUT2D eigenvalue weighted by atomic mass is 32.2. The Morgan fingerprint density at radius 1 is 1.30 bits per heavy atom. The van der Waals surface area contributed by atoms with Crippen LogP contribution in [0, 0.1) is 0 Å². The molecular weight excluding hydrogens is 408 g/mol. The molecule has 0 bridgehead atoms.